The fourth-order valence-corrected chi connectivity index (χ4v) is 1.95. The average molecular weight is 261 g/mol. The van der Waals surface area contributed by atoms with Crippen LogP contribution in [0.4, 0.5) is 0 Å². The van der Waals surface area contributed by atoms with Gasteiger partial charge in [-0.2, -0.15) is 0 Å². The molecule has 94 valence electrons. The number of pyridine rings is 1. The van der Waals surface area contributed by atoms with E-state index in [1.807, 2.05) is 23.6 Å². The van der Waals surface area contributed by atoms with Crippen LogP contribution >= 0.6 is 11.3 Å². The van der Waals surface area contributed by atoms with Crippen molar-refractivity contribution in [3.63, 3.8) is 0 Å². The van der Waals surface area contributed by atoms with Crippen molar-refractivity contribution < 1.29 is 0 Å². The molecule has 0 saturated heterocycles. The third-order valence-corrected chi connectivity index (χ3v) is 3.06. The molecule has 18 heavy (non-hydrogen) atoms. The molecule has 2 rings (SSSR count). The minimum Gasteiger partial charge on any atom is -0.351 e. The Kier molecular flexibility index (Phi) is 4.66. The molecule has 0 aliphatic rings. The zero-order valence-electron chi connectivity index (χ0n) is 10.1. The summed E-state index contributed by atoms with van der Waals surface area (Å²) in [6.45, 7) is 1.33. The normalized spacial score (nSPS) is 11.3. The largest absolute Gasteiger partial charge is 0.351 e. The van der Waals surface area contributed by atoms with E-state index < -0.39 is 0 Å². The fourth-order valence-electron chi connectivity index (χ4n) is 1.40. The molecule has 0 aliphatic heterocycles. The standard InChI is InChI=1S/C12H15N5S/c1-13-12(17-9-11-15-6-7-18-11)16-8-10-4-2-3-5-14-10/h2-7H,8-9H2,1H3,(H2,13,16,17). The van der Waals surface area contributed by atoms with E-state index >= 15 is 0 Å². The molecule has 0 atom stereocenters. The van der Waals surface area contributed by atoms with Crippen LogP contribution in [-0.2, 0) is 13.1 Å². The first kappa shape index (κ1) is 12.5. The van der Waals surface area contributed by atoms with E-state index in [9.17, 15) is 0 Å². The summed E-state index contributed by atoms with van der Waals surface area (Å²) >= 11 is 1.62. The van der Waals surface area contributed by atoms with E-state index in [4.69, 9.17) is 0 Å². The molecule has 2 aromatic heterocycles. The molecule has 2 heterocycles. The van der Waals surface area contributed by atoms with Crippen molar-refractivity contribution in [2.24, 2.45) is 4.99 Å². The zero-order valence-corrected chi connectivity index (χ0v) is 10.9. The van der Waals surface area contributed by atoms with Gasteiger partial charge in [-0.25, -0.2) is 4.98 Å². The molecule has 6 heteroatoms. The van der Waals surface area contributed by atoms with E-state index in [0.29, 0.717) is 13.1 Å². The van der Waals surface area contributed by atoms with Crippen molar-refractivity contribution in [1.29, 1.82) is 0 Å². The number of aliphatic imine (C=N–C) groups is 1. The van der Waals surface area contributed by atoms with Gasteiger partial charge >= 0.3 is 0 Å². The van der Waals surface area contributed by atoms with Gasteiger partial charge in [0.05, 0.1) is 18.8 Å². The van der Waals surface area contributed by atoms with Crippen LogP contribution in [0.5, 0.6) is 0 Å². The first-order chi connectivity index (χ1) is 8.88. The SMILES string of the molecule is CN=C(NCc1ccccn1)NCc1nccs1. The van der Waals surface area contributed by atoms with E-state index in [1.165, 1.54) is 0 Å². The molecular weight excluding hydrogens is 246 g/mol. The summed E-state index contributed by atoms with van der Waals surface area (Å²) in [6.07, 6.45) is 3.58. The topological polar surface area (TPSA) is 62.2 Å². The van der Waals surface area contributed by atoms with Gasteiger partial charge < -0.3 is 10.6 Å². The summed E-state index contributed by atoms with van der Waals surface area (Å²) < 4.78 is 0. The maximum absolute atomic E-state index is 4.24. The number of nitrogens with zero attached hydrogens (tertiary/aromatic N) is 3. The van der Waals surface area contributed by atoms with Gasteiger partial charge in [-0.1, -0.05) is 6.07 Å². The summed E-state index contributed by atoms with van der Waals surface area (Å²) in [7, 11) is 1.75. The smallest absolute Gasteiger partial charge is 0.191 e. The monoisotopic (exact) mass is 261 g/mol. The van der Waals surface area contributed by atoms with Crippen molar-refractivity contribution in [1.82, 2.24) is 20.6 Å². The van der Waals surface area contributed by atoms with Gasteiger partial charge in [-0.3, -0.25) is 9.98 Å². The lowest BCUT2D eigenvalue weighted by molar-refractivity contribution is 0.791. The molecule has 0 bridgehead atoms. The van der Waals surface area contributed by atoms with E-state index in [-0.39, 0.29) is 0 Å². The van der Waals surface area contributed by atoms with Crippen molar-refractivity contribution in [2.75, 3.05) is 7.05 Å². The third kappa shape index (κ3) is 3.81. The van der Waals surface area contributed by atoms with Crippen LogP contribution in [0.2, 0.25) is 0 Å². The van der Waals surface area contributed by atoms with Crippen LogP contribution in [-0.4, -0.2) is 23.0 Å². The molecule has 0 aliphatic carbocycles. The third-order valence-electron chi connectivity index (χ3n) is 2.28. The van der Waals surface area contributed by atoms with Crippen molar-refractivity contribution >= 4 is 17.3 Å². The second-order valence-electron chi connectivity index (χ2n) is 3.53. The maximum atomic E-state index is 4.24. The Bertz CT molecular complexity index is 480. The quantitative estimate of drug-likeness (QED) is 0.645. The molecular formula is C12H15N5S. The van der Waals surface area contributed by atoms with Crippen LogP contribution in [0, 0.1) is 0 Å². The lowest BCUT2D eigenvalue weighted by atomic mass is 10.3. The van der Waals surface area contributed by atoms with Crippen LogP contribution in [0.25, 0.3) is 0 Å². The molecule has 0 amide bonds. The van der Waals surface area contributed by atoms with E-state index in [2.05, 4.69) is 25.6 Å². The average Bonchev–Trinajstić information content (AvgIpc) is 2.93. The maximum Gasteiger partial charge on any atom is 0.191 e. The lowest BCUT2D eigenvalue weighted by Crippen LogP contribution is -2.36. The highest BCUT2D eigenvalue weighted by atomic mass is 32.1. The summed E-state index contributed by atoms with van der Waals surface area (Å²) in [6, 6.07) is 5.84. The Hall–Kier alpha value is -1.95. The number of guanidine groups is 1. The van der Waals surface area contributed by atoms with E-state index in [0.717, 1.165) is 16.7 Å². The lowest BCUT2D eigenvalue weighted by Gasteiger charge is -2.10. The second kappa shape index (κ2) is 6.70. The van der Waals surface area contributed by atoms with Gasteiger partial charge in [0.15, 0.2) is 5.96 Å². The number of aromatic nitrogens is 2. The molecule has 0 unspecified atom stereocenters. The first-order valence-electron chi connectivity index (χ1n) is 5.61. The van der Waals surface area contributed by atoms with Gasteiger partial charge in [0.1, 0.15) is 5.01 Å². The van der Waals surface area contributed by atoms with Crippen LogP contribution < -0.4 is 10.6 Å². The second-order valence-corrected chi connectivity index (χ2v) is 4.51. The highest BCUT2D eigenvalue weighted by Gasteiger charge is 2.00. The van der Waals surface area contributed by atoms with Gasteiger partial charge in [0, 0.05) is 24.8 Å². The molecule has 5 nitrogen and oxygen atoms in total. The van der Waals surface area contributed by atoms with Crippen LogP contribution in [0.1, 0.15) is 10.7 Å². The number of thiazole rings is 1. The summed E-state index contributed by atoms with van der Waals surface area (Å²) in [5.41, 5.74) is 0.981. The van der Waals surface area contributed by atoms with Crippen molar-refractivity contribution in [3.05, 3.63) is 46.7 Å². The summed E-state index contributed by atoms with van der Waals surface area (Å²) in [5, 5.41) is 9.40. The molecule has 0 fully saturated rings. The van der Waals surface area contributed by atoms with Gasteiger partial charge in [-0.15, -0.1) is 11.3 Å². The molecule has 2 aromatic rings. The molecule has 0 spiro atoms. The van der Waals surface area contributed by atoms with Crippen LogP contribution in [0.15, 0.2) is 41.0 Å². The van der Waals surface area contributed by atoms with Gasteiger partial charge in [-0.05, 0) is 12.1 Å². The minimum atomic E-state index is 0.651. The highest BCUT2D eigenvalue weighted by Crippen LogP contribution is 2.02. The van der Waals surface area contributed by atoms with E-state index in [1.54, 1.807) is 30.8 Å². The molecule has 0 aromatic carbocycles. The number of rotatable bonds is 4. The van der Waals surface area contributed by atoms with Crippen LogP contribution in [0.3, 0.4) is 0 Å². The fraction of sp³-hybridized carbons (Fsp3) is 0.250. The molecule has 2 N–H and O–H groups in total. The zero-order chi connectivity index (χ0) is 12.6. The Morgan fingerprint density at radius 2 is 2.11 bits per heavy atom. The Morgan fingerprint density at radius 3 is 2.78 bits per heavy atom. The summed E-state index contributed by atoms with van der Waals surface area (Å²) in [5.74, 6) is 0.746. The molecule has 0 radical (unpaired) electrons. The van der Waals surface area contributed by atoms with Crippen molar-refractivity contribution in [2.45, 2.75) is 13.1 Å². The predicted octanol–water partition coefficient (Wildman–Crippen LogP) is 1.40. The van der Waals surface area contributed by atoms with Gasteiger partial charge in [0.25, 0.3) is 0 Å². The highest BCUT2D eigenvalue weighted by molar-refractivity contribution is 7.09. The molecule has 0 saturated carbocycles. The Labute approximate surface area is 110 Å². The van der Waals surface area contributed by atoms with Gasteiger partial charge in [0.2, 0.25) is 0 Å². The summed E-state index contributed by atoms with van der Waals surface area (Å²) in [4.78, 5) is 12.6. The first-order valence-corrected chi connectivity index (χ1v) is 6.49. The predicted molar refractivity (Wildman–Crippen MR) is 73.4 cm³/mol. The Balaban J connectivity index is 1.79. The number of nitrogens with one attached hydrogen (secondary N) is 2. The minimum absolute atomic E-state index is 0.651. The number of hydrogen-bond acceptors (Lipinski definition) is 4. The van der Waals surface area contributed by atoms with Crippen molar-refractivity contribution in [3.8, 4) is 0 Å². The Morgan fingerprint density at radius 1 is 1.22 bits per heavy atom. The number of hydrogen-bond donors (Lipinski definition) is 2.